The minimum atomic E-state index is -0.0785. The van der Waals surface area contributed by atoms with Crippen LogP contribution in [0.15, 0.2) is 24.3 Å². The first-order chi connectivity index (χ1) is 12.8. The molecule has 2 aliphatic carbocycles. The number of hydrogen-bond acceptors (Lipinski definition) is 3. The first kappa shape index (κ1) is 17.1. The standard InChI is InChI=1S/C23H32O3/c1-2-15-24-21(6-1)26-20-5-3-4-19(16-20)23-13-11-22(12-14-23,17-25-23)10-9-18-7-8-18/h3-5,16,18,21H,1-2,6-15,17H2. The molecule has 3 heteroatoms. The van der Waals surface area contributed by atoms with E-state index in [1.54, 1.807) is 0 Å². The van der Waals surface area contributed by atoms with Crippen LogP contribution >= 0.6 is 0 Å². The molecule has 3 saturated heterocycles. The molecule has 6 rings (SSSR count). The zero-order valence-electron chi connectivity index (χ0n) is 15.9. The van der Waals surface area contributed by atoms with Crippen LogP contribution < -0.4 is 4.74 Å². The second-order valence-corrected chi connectivity index (χ2v) is 9.21. The Balaban J connectivity index is 1.26. The average Bonchev–Trinajstić information content (AvgIpc) is 3.54. The van der Waals surface area contributed by atoms with Gasteiger partial charge in [-0.2, -0.15) is 0 Å². The van der Waals surface area contributed by atoms with Crippen LogP contribution in [0.1, 0.15) is 76.2 Å². The zero-order chi connectivity index (χ0) is 17.5. The van der Waals surface area contributed by atoms with Crippen molar-refractivity contribution in [1.29, 1.82) is 0 Å². The van der Waals surface area contributed by atoms with Gasteiger partial charge in [0.2, 0.25) is 0 Å². The van der Waals surface area contributed by atoms with Crippen molar-refractivity contribution >= 4 is 0 Å². The molecule has 1 aromatic rings. The average molecular weight is 357 g/mol. The molecule has 0 aromatic heterocycles. The number of fused-ring (bicyclic) bond motifs is 3. The monoisotopic (exact) mass is 356 g/mol. The van der Waals surface area contributed by atoms with Crippen LogP contribution in [0.25, 0.3) is 0 Å². The quantitative estimate of drug-likeness (QED) is 0.667. The number of hydrogen-bond donors (Lipinski definition) is 0. The van der Waals surface area contributed by atoms with E-state index in [4.69, 9.17) is 14.2 Å². The van der Waals surface area contributed by atoms with Gasteiger partial charge in [0.15, 0.2) is 6.29 Å². The molecule has 142 valence electrons. The molecular weight excluding hydrogens is 324 g/mol. The first-order valence-electron chi connectivity index (χ1n) is 10.8. The highest BCUT2D eigenvalue weighted by atomic mass is 16.7. The van der Waals surface area contributed by atoms with E-state index in [9.17, 15) is 0 Å². The molecule has 2 saturated carbocycles. The van der Waals surface area contributed by atoms with E-state index in [1.165, 1.54) is 63.4 Å². The van der Waals surface area contributed by atoms with Crippen molar-refractivity contribution in [2.75, 3.05) is 13.2 Å². The zero-order valence-corrected chi connectivity index (χ0v) is 15.9. The lowest BCUT2D eigenvalue weighted by atomic mass is 9.62. The van der Waals surface area contributed by atoms with Crippen molar-refractivity contribution in [3.05, 3.63) is 29.8 Å². The molecule has 3 heterocycles. The largest absolute Gasteiger partial charge is 0.465 e. The molecule has 3 nitrogen and oxygen atoms in total. The van der Waals surface area contributed by atoms with Crippen LogP contribution in [-0.4, -0.2) is 19.5 Å². The van der Waals surface area contributed by atoms with E-state index in [0.717, 1.165) is 37.7 Å². The summed E-state index contributed by atoms with van der Waals surface area (Å²) in [5, 5.41) is 0. The Kier molecular flexibility index (Phi) is 4.48. The van der Waals surface area contributed by atoms with Crippen LogP contribution in [0, 0.1) is 11.3 Å². The highest BCUT2D eigenvalue weighted by Crippen LogP contribution is 2.56. The van der Waals surface area contributed by atoms with Gasteiger partial charge in [-0.1, -0.05) is 25.0 Å². The van der Waals surface area contributed by atoms with Gasteiger partial charge < -0.3 is 14.2 Å². The van der Waals surface area contributed by atoms with Crippen LogP contribution in [0.4, 0.5) is 0 Å². The minimum absolute atomic E-state index is 0.0753. The number of ether oxygens (including phenoxy) is 3. The maximum Gasteiger partial charge on any atom is 0.199 e. The van der Waals surface area contributed by atoms with Gasteiger partial charge in [0, 0.05) is 6.42 Å². The Morgan fingerprint density at radius 3 is 2.62 bits per heavy atom. The van der Waals surface area contributed by atoms with Crippen molar-refractivity contribution in [3.63, 3.8) is 0 Å². The highest BCUT2D eigenvalue weighted by Gasteiger charge is 2.50. The van der Waals surface area contributed by atoms with Crippen LogP contribution in [0.2, 0.25) is 0 Å². The van der Waals surface area contributed by atoms with Gasteiger partial charge in [-0.05, 0) is 80.4 Å². The number of rotatable bonds is 6. The molecule has 5 fully saturated rings. The minimum Gasteiger partial charge on any atom is -0.465 e. The molecule has 5 aliphatic rings. The molecule has 0 spiro atoms. The molecule has 26 heavy (non-hydrogen) atoms. The van der Waals surface area contributed by atoms with Gasteiger partial charge in [-0.3, -0.25) is 0 Å². The summed E-state index contributed by atoms with van der Waals surface area (Å²) in [6.07, 6.45) is 14.0. The summed E-state index contributed by atoms with van der Waals surface area (Å²) in [6, 6.07) is 8.62. The molecule has 2 bridgehead atoms. The van der Waals surface area contributed by atoms with E-state index in [1.807, 2.05) is 0 Å². The summed E-state index contributed by atoms with van der Waals surface area (Å²) in [5.74, 6) is 1.97. The Morgan fingerprint density at radius 2 is 1.92 bits per heavy atom. The van der Waals surface area contributed by atoms with E-state index in [0.29, 0.717) is 5.41 Å². The molecular formula is C23H32O3. The lowest BCUT2D eigenvalue weighted by Gasteiger charge is -2.53. The Morgan fingerprint density at radius 1 is 1.04 bits per heavy atom. The fourth-order valence-corrected chi connectivity index (χ4v) is 5.18. The van der Waals surface area contributed by atoms with E-state index >= 15 is 0 Å². The van der Waals surface area contributed by atoms with Gasteiger partial charge in [0.1, 0.15) is 5.75 Å². The third kappa shape index (κ3) is 3.41. The fourth-order valence-electron chi connectivity index (χ4n) is 5.18. The van der Waals surface area contributed by atoms with E-state index in [-0.39, 0.29) is 11.9 Å². The summed E-state index contributed by atoms with van der Waals surface area (Å²) >= 11 is 0. The van der Waals surface area contributed by atoms with E-state index in [2.05, 4.69) is 24.3 Å². The van der Waals surface area contributed by atoms with Gasteiger partial charge in [0.25, 0.3) is 0 Å². The summed E-state index contributed by atoms with van der Waals surface area (Å²) in [6.45, 7) is 1.77. The van der Waals surface area contributed by atoms with Crippen molar-refractivity contribution in [3.8, 4) is 5.75 Å². The van der Waals surface area contributed by atoms with Crippen molar-refractivity contribution in [2.24, 2.45) is 11.3 Å². The topological polar surface area (TPSA) is 27.7 Å². The molecule has 1 unspecified atom stereocenters. The smallest absolute Gasteiger partial charge is 0.199 e. The van der Waals surface area contributed by atoms with Gasteiger partial charge >= 0.3 is 0 Å². The summed E-state index contributed by atoms with van der Waals surface area (Å²) in [7, 11) is 0. The van der Waals surface area contributed by atoms with Crippen molar-refractivity contribution in [1.82, 2.24) is 0 Å². The predicted molar refractivity (Wildman–Crippen MR) is 101 cm³/mol. The summed E-state index contributed by atoms with van der Waals surface area (Å²) in [4.78, 5) is 0. The maximum atomic E-state index is 6.56. The molecule has 1 aromatic carbocycles. The van der Waals surface area contributed by atoms with Crippen molar-refractivity contribution in [2.45, 2.75) is 82.5 Å². The first-order valence-corrected chi connectivity index (χ1v) is 10.8. The van der Waals surface area contributed by atoms with Gasteiger partial charge in [-0.25, -0.2) is 0 Å². The molecule has 0 N–H and O–H groups in total. The van der Waals surface area contributed by atoms with Gasteiger partial charge in [0.05, 0.1) is 18.8 Å². The molecule has 0 radical (unpaired) electrons. The van der Waals surface area contributed by atoms with E-state index < -0.39 is 0 Å². The fraction of sp³-hybridized carbons (Fsp3) is 0.739. The second kappa shape index (κ2) is 6.83. The lowest BCUT2D eigenvalue weighted by molar-refractivity contribution is -0.192. The van der Waals surface area contributed by atoms with Crippen LogP contribution in [-0.2, 0) is 15.1 Å². The normalized spacial score (nSPS) is 36.8. The molecule has 1 atom stereocenters. The summed E-state index contributed by atoms with van der Waals surface area (Å²) in [5.41, 5.74) is 1.71. The van der Waals surface area contributed by atoms with Gasteiger partial charge in [-0.15, -0.1) is 0 Å². The number of benzene rings is 1. The van der Waals surface area contributed by atoms with Crippen molar-refractivity contribution < 1.29 is 14.2 Å². The lowest BCUT2D eigenvalue weighted by Crippen LogP contribution is -2.49. The SMILES string of the molecule is c1cc(OC2CCCCO2)cc(C23CCC(CCC4CC4)(CC2)CO3)c1. The Labute approximate surface area is 157 Å². The predicted octanol–water partition coefficient (Wildman–Crippen LogP) is 5.57. The van der Waals surface area contributed by atoms with Crippen LogP contribution in [0.5, 0.6) is 5.75 Å². The highest BCUT2D eigenvalue weighted by molar-refractivity contribution is 5.34. The third-order valence-corrected chi connectivity index (χ3v) is 7.32. The molecule has 0 amide bonds. The maximum absolute atomic E-state index is 6.56. The summed E-state index contributed by atoms with van der Waals surface area (Å²) < 4.78 is 18.4. The molecule has 3 aliphatic heterocycles. The Bertz CT molecular complexity index is 606. The van der Waals surface area contributed by atoms with Crippen LogP contribution in [0.3, 0.4) is 0 Å². The Hall–Kier alpha value is -1.06. The second-order valence-electron chi connectivity index (χ2n) is 9.21. The third-order valence-electron chi connectivity index (χ3n) is 7.32.